The molecular weight excluding hydrogens is 378 g/mol. The van der Waals surface area contributed by atoms with Crippen molar-refractivity contribution in [3.63, 3.8) is 0 Å². The van der Waals surface area contributed by atoms with Gasteiger partial charge in [0.2, 0.25) is 0 Å². The van der Waals surface area contributed by atoms with Crippen molar-refractivity contribution in [3.8, 4) is 0 Å². The number of anilines is 1. The first-order valence-electron chi connectivity index (χ1n) is 11.5. The molecule has 0 spiro atoms. The Balaban J connectivity index is 1.45. The van der Waals surface area contributed by atoms with Crippen molar-refractivity contribution in [1.82, 2.24) is 4.90 Å². The third kappa shape index (κ3) is 4.75. The summed E-state index contributed by atoms with van der Waals surface area (Å²) in [5, 5.41) is 0. The zero-order chi connectivity index (χ0) is 21.4. The van der Waals surface area contributed by atoms with Crippen LogP contribution in [0.5, 0.6) is 0 Å². The second kappa shape index (κ2) is 8.39. The summed E-state index contributed by atoms with van der Waals surface area (Å²) in [6.07, 6.45) is 5.67. The zero-order valence-electron chi connectivity index (χ0n) is 18.7. The van der Waals surface area contributed by atoms with Crippen LogP contribution in [-0.2, 0) is 15.0 Å². The van der Waals surface area contributed by atoms with E-state index in [1.165, 1.54) is 24.9 Å². The zero-order valence-corrected chi connectivity index (χ0v) is 18.7. The van der Waals surface area contributed by atoms with E-state index < -0.39 is 5.60 Å². The van der Waals surface area contributed by atoms with Gasteiger partial charge in [-0.05, 0) is 70.1 Å². The molecule has 0 bridgehead atoms. The molecule has 30 heavy (non-hydrogen) atoms. The van der Waals surface area contributed by atoms with Crippen LogP contribution in [0.4, 0.5) is 10.5 Å². The number of carbonyl (C=O) groups is 1. The first-order valence-corrected chi connectivity index (χ1v) is 11.5. The van der Waals surface area contributed by atoms with E-state index in [2.05, 4.69) is 29.2 Å². The molecule has 1 atom stereocenters. The molecule has 0 aromatic heterocycles. The number of nitrogens with zero attached hydrogens (tertiary/aromatic N) is 2. The molecule has 4 rings (SSSR count). The molecule has 2 N–H and O–H groups in total. The lowest BCUT2D eigenvalue weighted by Gasteiger charge is -2.43. The van der Waals surface area contributed by atoms with Crippen molar-refractivity contribution < 1.29 is 14.3 Å². The molecule has 0 unspecified atom stereocenters. The fraction of sp³-hybridized carbons (Fsp3) is 0.708. The maximum atomic E-state index is 13.0. The summed E-state index contributed by atoms with van der Waals surface area (Å²) in [6, 6.07) is 8.76. The molecule has 3 aliphatic rings. The Morgan fingerprint density at radius 2 is 1.90 bits per heavy atom. The van der Waals surface area contributed by atoms with E-state index in [1.54, 1.807) is 0 Å². The molecule has 1 aromatic carbocycles. The Bertz CT molecular complexity index is 735. The maximum Gasteiger partial charge on any atom is 0.410 e. The van der Waals surface area contributed by atoms with E-state index in [9.17, 15) is 4.79 Å². The van der Waals surface area contributed by atoms with Crippen LogP contribution in [0.25, 0.3) is 0 Å². The van der Waals surface area contributed by atoms with Crippen molar-refractivity contribution in [1.29, 1.82) is 0 Å². The summed E-state index contributed by atoms with van der Waals surface area (Å²) in [5.41, 5.74) is 7.89. The number of rotatable bonds is 5. The van der Waals surface area contributed by atoms with Gasteiger partial charge in [0, 0.05) is 25.3 Å². The van der Waals surface area contributed by atoms with Gasteiger partial charge in [0.25, 0.3) is 0 Å². The summed E-state index contributed by atoms with van der Waals surface area (Å²) in [4.78, 5) is 17.5. The molecule has 2 saturated heterocycles. The number of benzene rings is 1. The van der Waals surface area contributed by atoms with Crippen LogP contribution >= 0.6 is 0 Å². The van der Waals surface area contributed by atoms with E-state index in [1.807, 2.05) is 25.7 Å². The Kier molecular flexibility index (Phi) is 5.99. The van der Waals surface area contributed by atoms with Crippen LogP contribution in [0.2, 0.25) is 0 Å². The Hall–Kier alpha value is -1.79. The van der Waals surface area contributed by atoms with Crippen molar-refractivity contribution in [3.05, 3.63) is 29.8 Å². The fourth-order valence-electron chi connectivity index (χ4n) is 4.58. The second-order valence-electron chi connectivity index (χ2n) is 10.4. The highest BCUT2D eigenvalue weighted by atomic mass is 16.6. The smallest absolute Gasteiger partial charge is 0.410 e. The third-order valence-corrected chi connectivity index (χ3v) is 6.67. The summed E-state index contributed by atoms with van der Waals surface area (Å²) in [5.74, 6) is 0.623. The summed E-state index contributed by atoms with van der Waals surface area (Å²) in [6.45, 7) is 9.69. The highest BCUT2D eigenvalue weighted by molar-refractivity contribution is 5.69. The van der Waals surface area contributed by atoms with Gasteiger partial charge in [-0.3, -0.25) is 0 Å². The lowest BCUT2D eigenvalue weighted by molar-refractivity contribution is -0.0569. The SMILES string of the molecule is CC(C)(C)OC(=O)N(CC1CCC1)[C@@H]1CCCN(c2ccc(C3(N)COC3)cc2)C1. The minimum absolute atomic E-state index is 0.161. The van der Waals surface area contributed by atoms with Crippen LogP contribution in [0, 0.1) is 5.92 Å². The minimum atomic E-state index is -0.470. The quantitative estimate of drug-likeness (QED) is 0.790. The maximum absolute atomic E-state index is 13.0. The van der Waals surface area contributed by atoms with Gasteiger partial charge in [0.1, 0.15) is 5.60 Å². The molecule has 1 saturated carbocycles. The first kappa shape index (κ1) is 21.4. The predicted octanol–water partition coefficient (Wildman–Crippen LogP) is 3.88. The fourth-order valence-corrected chi connectivity index (χ4v) is 4.58. The molecule has 0 radical (unpaired) electrons. The Morgan fingerprint density at radius 3 is 2.43 bits per heavy atom. The van der Waals surface area contributed by atoms with E-state index in [0.717, 1.165) is 38.0 Å². The van der Waals surface area contributed by atoms with Crippen molar-refractivity contribution in [2.24, 2.45) is 11.7 Å². The molecule has 2 heterocycles. The number of hydrogen-bond donors (Lipinski definition) is 1. The third-order valence-electron chi connectivity index (χ3n) is 6.67. The first-order chi connectivity index (χ1) is 14.2. The van der Waals surface area contributed by atoms with Crippen LogP contribution in [0.1, 0.15) is 58.4 Å². The number of carbonyl (C=O) groups excluding carboxylic acids is 1. The van der Waals surface area contributed by atoms with Crippen LogP contribution < -0.4 is 10.6 Å². The van der Waals surface area contributed by atoms with Crippen LogP contribution in [0.3, 0.4) is 0 Å². The lowest BCUT2D eigenvalue weighted by atomic mass is 9.84. The second-order valence-corrected chi connectivity index (χ2v) is 10.4. The molecule has 1 amide bonds. The summed E-state index contributed by atoms with van der Waals surface area (Å²) in [7, 11) is 0. The summed E-state index contributed by atoms with van der Waals surface area (Å²) < 4.78 is 11.1. The van der Waals surface area contributed by atoms with Gasteiger partial charge in [-0.25, -0.2) is 4.79 Å². The average molecular weight is 416 g/mol. The molecular formula is C24H37N3O3. The number of hydrogen-bond acceptors (Lipinski definition) is 5. The standard InChI is InChI=1S/C24H37N3O3/c1-23(2,3)30-22(28)27(14-18-6-4-7-18)21-8-5-13-26(15-21)20-11-9-19(10-12-20)24(25)16-29-17-24/h9-12,18,21H,4-8,13-17,25H2,1-3H3/t21-/m1/s1. The Labute approximate surface area is 180 Å². The van der Waals surface area contributed by atoms with E-state index in [4.69, 9.17) is 15.2 Å². The molecule has 3 fully saturated rings. The number of nitrogens with two attached hydrogens (primary N) is 1. The van der Waals surface area contributed by atoms with Gasteiger partial charge < -0.3 is 25.0 Å². The van der Waals surface area contributed by atoms with Crippen LogP contribution in [0.15, 0.2) is 24.3 Å². The molecule has 1 aliphatic carbocycles. The highest BCUT2D eigenvalue weighted by Gasteiger charge is 2.37. The monoisotopic (exact) mass is 415 g/mol. The number of amides is 1. The van der Waals surface area contributed by atoms with Gasteiger partial charge in [-0.15, -0.1) is 0 Å². The molecule has 1 aromatic rings. The van der Waals surface area contributed by atoms with E-state index >= 15 is 0 Å². The highest BCUT2D eigenvalue weighted by Crippen LogP contribution is 2.32. The van der Waals surface area contributed by atoms with Crippen molar-refractivity contribution >= 4 is 11.8 Å². The van der Waals surface area contributed by atoms with Crippen molar-refractivity contribution in [2.45, 2.75) is 70.1 Å². The van der Waals surface area contributed by atoms with Gasteiger partial charge >= 0.3 is 6.09 Å². The number of piperidine rings is 1. The molecule has 166 valence electrons. The topological polar surface area (TPSA) is 68.0 Å². The Morgan fingerprint density at radius 1 is 1.20 bits per heavy atom. The molecule has 6 nitrogen and oxygen atoms in total. The summed E-state index contributed by atoms with van der Waals surface area (Å²) >= 11 is 0. The van der Waals surface area contributed by atoms with E-state index in [-0.39, 0.29) is 17.7 Å². The van der Waals surface area contributed by atoms with Crippen LogP contribution in [-0.4, -0.2) is 55.5 Å². The predicted molar refractivity (Wildman–Crippen MR) is 119 cm³/mol. The van der Waals surface area contributed by atoms with Crippen molar-refractivity contribution in [2.75, 3.05) is 37.7 Å². The van der Waals surface area contributed by atoms with E-state index in [0.29, 0.717) is 19.1 Å². The van der Waals surface area contributed by atoms with Gasteiger partial charge in [-0.1, -0.05) is 18.6 Å². The molecule has 2 aliphatic heterocycles. The van der Waals surface area contributed by atoms with Gasteiger partial charge in [-0.2, -0.15) is 0 Å². The average Bonchev–Trinajstić information content (AvgIpc) is 2.64. The normalized spacial score (nSPS) is 24.0. The minimum Gasteiger partial charge on any atom is -0.444 e. The number of ether oxygens (including phenoxy) is 2. The van der Waals surface area contributed by atoms with Gasteiger partial charge in [0.05, 0.1) is 24.8 Å². The lowest BCUT2D eigenvalue weighted by Crippen LogP contribution is -2.54. The largest absolute Gasteiger partial charge is 0.444 e. The van der Waals surface area contributed by atoms with Gasteiger partial charge in [0.15, 0.2) is 0 Å². The molecule has 6 heteroatoms.